The number of nitrogens with two attached hydrogens (primary N) is 1. The lowest BCUT2D eigenvalue weighted by Gasteiger charge is -2.32. The largest absolute Gasteiger partial charge is 0.370 e. The molecule has 0 radical (unpaired) electrons. The van der Waals surface area contributed by atoms with Crippen LogP contribution in [0.4, 0.5) is 5.82 Å². The first-order valence-electron chi connectivity index (χ1n) is 6.57. The van der Waals surface area contributed by atoms with Crippen molar-refractivity contribution in [2.75, 3.05) is 18.0 Å². The van der Waals surface area contributed by atoms with E-state index >= 15 is 0 Å². The number of hydrogen-bond acceptors (Lipinski definition) is 5. The Morgan fingerprint density at radius 3 is 2.90 bits per heavy atom. The number of nitrogens with zero attached hydrogens (tertiary/aromatic N) is 3. The van der Waals surface area contributed by atoms with Crippen molar-refractivity contribution in [2.45, 2.75) is 19.3 Å². The summed E-state index contributed by atoms with van der Waals surface area (Å²) >= 11 is 7.56. The first-order chi connectivity index (χ1) is 9.63. The summed E-state index contributed by atoms with van der Waals surface area (Å²) in [5, 5.41) is 3.33. The Hall–Kier alpha value is -1.40. The third kappa shape index (κ3) is 2.71. The molecule has 0 bridgehead atoms. The summed E-state index contributed by atoms with van der Waals surface area (Å²) in [4.78, 5) is 22.7. The van der Waals surface area contributed by atoms with Crippen LogP contribution in [0.1, 0.15) is 19.3 Å². The Bertz CT molecular complexity index is 636. The van der Waals surface area contributed by atoms with Crippen LogP contribution in [0.15, 0.2) is 11.4 Å². The van der Waals surface area contributed by atoms with Crippen molar-refractivity contribution in [3.63, 3.8) is 0 Å². The maximum absolute atomic E-state index is 11.0. The molecule has 2 aromatic heterocycles. The third-order valence-electron chi connectivity index (χ3n) is 3.68. The molecule has 7 heteroatoms. The molecule has 1 aliphatic heterocycles. The van der Waals surface area contributed by atoms with E-state index in [1.807, 2.05) is 11.4 Å². The van der Waals surface area contributed by atoms with Gasteiger partial charge in [0.1, 0.15) is 10.6 Å². The Morgan fingerprint density at radius 2 is 2.20 bits per heavy atom. The van der Waals surface area contributed by atoms with Crippen molar-refractivity contribution in [3.05, 3.63) is 16.7 Å². The van der Waals surface area contributed by atoms with Crippen LogP contribution in [0.25, 0.3) is 10.2 Å². The highest BCUT2D eigenvalue weighted by molar-refractivity contribution is 7.16. The predicted octanol–water partition coefficient (Wildman–Crippen LogP) is 2.44. The average Bonchev–Trinajstić information content (AvgIpc) is 2.86. The number of thiophene rings is 1. The van der Waals surface area contributed by atoms with Gasteiger partial charge in [-0.25, -0.2) is 4.98 Å². The van der Waals surface area contributed by atoms with Gasteiger partial charge < -0.3 is 10.6 Å². The summed E-state index contributed by atoms with van der Waals surface area (Å²) in [6, 6.07) is 2.03. The van der Waals surface area contributed by atoms with Crippen LogP contribution in [0, 0.1) is 5.92 Å². The van der Waals surface area contributed by atoms with E-state index in [4.69, 9.17) is 17.3 Å². The molecule has 1 fully saturated rings. The summed E-state index contributed by atoms with van der Waals surface area (Å²) in [5.74, 6) is 1.08. The molecule has 0 atom stereocenters. The van der Waals surface area contributed by atoms with Crippen LogP contribution >= 0.6 is 22.9 Å². The van der Waals surface area contributed by atoms with Gasteiger partial charge in [0.05, 0.1) is 5.39 Å². The number of halogens is 1. The molecule has 1 aliphatic rings. The fourth-order valence-electron chi connectivity index (χ4n) is 2.69. The summed E-state index contributed by atoms with van der Waals surface area (Å²) in [6.45, 7) is 1.74. The molecule has 2 aromatic rings. The molecular formula is C13H15ClN4OS. The number of rotatable bonds is 3. The molecule has 0 aliphatic carbocycles. The molecule has 0 aromatic carbocycles. The normalized spacial score (nSPS) is 16.8. The number of aromatic nitrogens is 2. The van der Waals surface area contributed by atoms with Gasteiger partial charge in [0.25, 0.3) is 0 Å². The number of anilines is 1. The van der Waals surface area contributed by atoms with E-state index < -0.39 is 0 Å². The van der Waals surface area contributed by atoms with Gasteiger partial charge in [-0.15, -0.1) is 11.3 Å². The molecule has 3 heterocycles. The summed E-state index contributed by atoms with van der Waals surface area (Å²) in [6.07, 6.45) is 2.39. The van der Waals surface area contributed by atoms with Gasteiger partial charge in [-0.05, 0) is 41.8 Å². The summed E-state index contributed by atoms with van der Waals surface area (Å²) in [5.41, 5.74) is 5.26. The number of piperidine rings is 1. The maximum Gasteiger partial charge on any atom is 0.225 e. The molecule has 3 rings (SSSR count). The molecule has 1 amide bonds. The van der Waals surface area contributed by atoms with Crippen molar-refractivity contribution >= 4 is 44.9 Å². The lowest BCUT2D eigenvalue weighted by atomic mass is 9.93. The lowest BCUT2D eigenvalue weighted by molar-refractivity contribution is -0.119. The van der Waals surface area contributed by atoms with E-state index in [1.54, 1.807) is 11.3 Å². The second kappa shape index (κ2) is 5.54. The van der Waals surface area contributed by atoms with Crippen molar-refractivity contribution < 1.29 is 4.79 Å². The Balaban J connectivity index is 1.79. The topological polar surface area (TPSA) is 72.1 Å². The van der Waals surface area contributed by atoms with E-state index in [9.17, 15) is 4.79 Å². The van der Waals surface area contributed by atoms with E-state index in [2.05, 4.69) is 14.9 Å². The highest BCUT2D eigenvalue weighted by atomic mass is 35.5. The fourth-order valence-corrected chi connectivity index (χ4v) is 3.66. The van der Waals surface area contributed by atoms with Gasteiger partial charge in [-0.2, -0.15) is 4.98 Å². The number of primary amides is 1. The van der Waals surface area contributed by atoms with E-state index in [-0.39, 0.29) is 11.2 Å². The zero-order valence-electron chi connectivity index (χ0n) is 10.9. The average molecular weight is 311 g/mol. The molecule has 106 valence electrons. The Labute approximate surface area is 125 Å². The SMILES string of the molecule is NC(=O)CC1CCN(c2nc(Cl)nc3sccc23)CC1. The van der Waals surface area contributed by atoms with E-state index in [0.29, 0.717) is 12.3 Å². The first kappa shape index (κ1) is 13.6. The smallest absolute Gasteiger partial charge is 0.225 e. The number of carbonyl (C=O) groups is 1. The summed E-state index contributed by atoms with van der Waals surface area (Å²) in [7, 11) is 0. The van der Waals surface area contributed by atoms with Gasteiger partial charge in [-0.1, -0.05) is 0 Å². The van der Waals surface area contributed by atoms with Gasteiger partial charge >= 0.3 is 0 Å². The first-order valence-corrected chi connectivity index (χ1v) is 7.83. The van der Waals surface area contributed by atoms with Gasteiger partial charge in [0, 0.05) is 19.5 Å². The van der Waals surface area contributed by atoms with E-state index in [0.717, 1.165) is 42.0 Å². The van der Waals surface area contributed by atoms with Crippen LogP contribution in [-0.4, -0.2) is 29.0 Å². The van der Waals surface area contributed by atoms with Gasteiger partial charge in [0.2, 0.25) is 11.2 Å². The monoisotopic (exact) mass is 310 g/mol. The molecule has 0 saturated carbocycles. The van der Waals surface area contributed by atoms with Crippen molar-refractivity contribution in [2.24, 2.45) is 11.7 Å². The molecule has 1 saturated heterocycles. The quantitative estimate of drug-likeness (QED) is 0.884. The van der Waals surface area contributed by atoms with E-state index in [1.165, 1.54) is 0 Å². The maximum atomic E-state index is 11.0. The standard InChI is InChI=1S/C13H15ClN4OS/c14-13-16-11(9-3-6-20-12(9)17-13)18-4-1-8(2-5-18)7-10(15)19/h3,6,8H,1-2,4-5,7H2,(H2,15,19). The molecule has 0 spiro atoms. The van der Waals surface area contributed by atoms with Crippen LogP contribution in [0.3, 0.4) is 0 Å². The Morgan fingerprint density at radius 1 is 1.45 bits per heavy atom. The Kier molecular flexibility index (Phi) is 3.76. The predicted molar refractivity (Wildman–Crippen MR) is 81.2 cm³/mol. The number of amides is 1. The van der Waals surface area contributed by atoms with Crippen LogP contribution < -0.4 is 10.6 Å². The minimum atomic E-state index is -0.214. The third-order valence-corrected chi connectivity index (χ3v) is 4.66. The molecule has 5 nitrogen and oxygen atoms in total. The van der Waals surface area contributed by atoms with Crippen LogP contribution in [-0.2, 0) is 4.79 Å². The van der Waals surface area contributed by atoms with Crippen molar-refractivity contribution in [3.8, 4) is 0 Å². The van der Waals surface area contributed by atoms with Crippen molar-refractivity contribution in [1.29, 1.82) is 0 Å². The lowest BCUT2D eigenvalue weighted by Crippen LogP contribution is -2.35. The van der Waals surface area contributed by atoms with Crippen LogP contribution in [0.2, 0.25) is 5.28 Å². The minimum absolute atomic E-state index is 0.214. The van der Waals surface area contributed by atoms with Gasteiger partial charge in [0.15, 0.2) is 0 Å². The zero-order chi connectivity index (χ0) is 14.1. The molecular weight excluding hydrogens is 296 g/mol. The summed E-state index contributed by atoms with van der Waals surface area (Å²) < 4.78 is 0. The minimum Gasteiger partial charge on any atom is -0.370 e. The number of fused-ring (bicyclic) bond motifs is 1. The second-order valence-electron chi connectivity index (χ2n) is 5.06. The number of hydrogen-bond donors (Lipinski definition) is 1. The second-order valence-corrected chi connectivity index (χ2v) is 6.29. The highest BCUT2D eigenvalue weighted by Gasteiger charge is 2.23. The van der Waals surface area contributed by atoms with Crippen LogP contribution in [0.5, 0.6) is 0 Å². The molecule has 0 unspecified atom stereocenters. The number of carbonyl (C=O) groups excluding carboxylic acids is 1. The zero-order valence-corrected chi connectivity index (χ0v) is 12.5. The molecule has 20 heavy (non-hydrogen) atoms. The highest BCUT2D eigenvalue weighted by Crippen LogP contribution is 2.32. The van der Waals surface area contributed by atoms with Gasteiger partial charge in [-0.3, -0.25) is 4.79 Å². The van der Waals surface area contributed by atoms with Crippen molar-refractivity contribution in [1.82, 2.24) is 9.97 Å². The molecule has 2 N–H and O–H groups in total. The fraction of sp³-hybridized carbons (Fsp3) is 0.462.